The van der Waals surface area contributed by atoms with Crippen molar-refractivity contribution >= 4 is 22.6 Å². The lowest BCUT2D eigenvalue weighted by atomic mass is 10.2. The van der Waals surface area contributed by atoms with E-state index >= 15 is 0 Å². The Morgan fingerprint density at radius 1 is 1.22 bits per heavy atom. The minimum Gasteiger partial charge on any atom is -0.392 e. The van der Waals surface area contributed by atoms with Gasteiger partial charge in [-0.1, -0.05) is 29.8 Å². The number of nitrogens with zero attached hydrogens (tertiary/aromatic N) is 2. The molecule has 94 valence electrons. The second-order valence-corrected chi connectivity index (χ2v) is 3.92. The first-order chi connectivity index (χ1) is 8.54. The van der Waals surface area contributed by atoms with E-state index in [1.165, 1.54) is 0 Å². The third kappa shape index (κ3) is 2.47. The van der Waals surface area contributed by atoms with Crippen molar-refractivity contribution in [2.24, 2.45) is 0 Å². The lowest BCUT2D eigenvalue weighted by Gasteiger charge is -2.12. The van der Waals surface area contributed by atoms with Gasteiger partial charge >= 0.3 is 5.92 Å². The van der Waals surface area contributed by atoms with E-state index in [4.69, 9.17) is 16.7 Å². The maximum Gasteiger partial charge on any atom is 0.311 e. The monoisotopic (exact) mass is 270 g/mol. The van der Waals surface area contributed by atoms with Crippen LogP contribution in [0.15, 0.2) is 36.4 Å². The molecule has 0 unspecified atom stereocenters. The number of aliphatic hydroxyl groups excluding tert-OH is 1. The quantitative estimate of drug-likeness (QED) is 0.872. The first kappa shape index (κ1) is 12.9. The van der Waals surface area contributed by atoms with Gasteiger partial charge in [-0.25, -0.2) is 9.97 Å². The Hall–Kier alpha value is -1.59. The van der Waals surface area contributed by atoms with Gasteiger partial charge in [-0.05, 0) is 18.2 Å². The van der Waals surface area contributed by atoms with E-state index in [1.54, 1.807) is 24.3 Å². The largest absolute Gasteiger partial charge is 0.392 e. The summed E-state index contributed by atoms with van der Waals surface area (Å²) in [5.74, 6) is -3.36. The lowest BCUT2D eigenvalue weighted by Crippen LogP contribution is -2.14. The molecule has 2 rings (SSSR count). The summed E-state index contributed by atoms with van der Waals surface area (Å²) in [5, 5.41) is 8.18. The van der Waals surface area contributed by atoms with Crippen LogP contribution in [0.4, 0.5) is 8.78 Å². The topological polar surface area (TPSA) is 46.0 Å². The summed E-state index contributed by atoms with van der Waals surface area (Å²) < 4.78 is 27.5. The first-order valence-electron chi connectivity index (χ1n) is 5.14. The Morgan fingerprint density at radius 2 is 1.83 bits per heavy atom. The SMILES string of the molecule is OC/C=C/C(F)(F)c1nc2ccccc2nc1Cl. The molecule has 0 bridgehead atoms. The minimum absolute atomic E-state index is 0.342. The van der Waals surface area contributed by atoms with Crippen LogP contribution in [-0.4, -0.2) is 21.7 Å². The predicted molar refractivity (Wildman–Crippen MR) is 64.7 cm³/mol. The molecule has 1 aromatic carbocycles. The molecule has 1 N–H and O–H groups in total. The molecular formula is C12H9ClF2N2O. The molecule has 0 aliphatic carbocycles. The summed E-state index contributed by atoms with van der Waals surface area (Å²) in [5.41, 5.74) is 0.176. The molecule has 0 radical (unpaired) electrons. The smallest absolute Gasteiger partial charge is 0.311 e. The van der Waals surface area contributed by atoms with Gasteiger partial charge in [0.15, 0.2) is 10.8 Å². The van der Waals surface area contributed by atoms with Crippen molar-refractivity contribution in [1.29, 1.82) is 0 Å². The Balaban J connectivity index is 2.57. The minimum atomic E-state index is -3.36. The highest BCUT2D eigenvalue weighted by atomic mass is 35.5. The van der Waals surface area contributed by atoms with Crippen LogP contribution in [0.2, 0.25) is 5.15 Å². The van der Waals surface area contributed by atoms with Crippen molar-refractivity contribution in [1.82, 2.24) is 9.97 Å². The van der Waals surface area contributed by atoms with E-state index in [2.05, 4.69) is 9.97 Å². The van der Waals surface area contributed by atoms with Crippen LogP contribution in [0, 0.1) is 0 Å². The molecule has 2 aromatic rings. The molecule has 0 aliphatic rings. The summed E-state index contributed by atoms with van der Waals surface area (Å²) in [6.45, 7) is -0.478. The Morgan fingerprint density at radius 3 is 2.44 bits per heavy atom. The summed E-state index contributed by atoms with van der Waals surface area (Å²) in [6, 6.07) is 6.61. The van der Waals surface area contributed by atoms with Crippen LogP contribution in [0.3, 0.4) is 0 Å². The van der Waals surface area contributed by atoms with Gasteiger partial charge in [0.1, 0.15) is 0 Å². The highest BCUT2D eigenvalue weighted by molar-refractivity contribution is 6.30. The molecule has 0 atom stereocenters. The summed E-state index contributed by atoms with van der Waals surface area (Å²) >= 11 is 5.72. The van der Waals surface area contributed by atoms with E-state index < -0.39 is 18.2 Å². The van der Waals surface area contributed by atoms with Gasteiger partial charge in [0.25, 0.3) is 0 Å². The molecule has 0 fully saturated rings. The number of aliphatic hydroxyl groups is 1. The highest BCUT2D eigenvalue weighted by Gasteiger charge is 2.33. The standard InChI is InChI=1S/C12H9ClF2N2O/c13-11-10(12(14,15)6-3-7-18)16-8-4-1-2-5-9(8)17-11/h1-6,18H,7H2/b6-3+. The van der Waals surface area contributed by atoms with Gasteiger partial charge in [-0.3, -0.25) is 0 Å². The van der Waals surface area contributed by atoms with Crippen molar-refractivity contribution in [3.8, 4) is 0 Å². The molecule has 1 aromatic heterocycles. The molecule has 6 heteroatoms. The normalized spacial score (nSPS) is 12.4. The van der Waals surface area contributed by atoms with Crippen LogP contribution < -0.4 is 0 Å². The maximum atomic E-state index is 13.7. The Bertz CT molecular complexity index is 602. The number of rotatable bonds is 3. The molecule has 3 nitrogen and oxygen atoms in total. The van der Waals surface area contributed by atoms with Crippen molar-refractivity contribution in [3.05, 3.63) is 47.3 Å². The fraction of sp³-hybridized carbons (Fsp3) is 0.167. The predicted octanol–water partition coefficient (Wildman–Crippen LogP) is 2.92. The van der Waals surface area contributed by atoms with Crippen LogP contribution in [0.5, 0.6) is 0 Å². The van der Waals surface area contributed by atoms with E-state index in [1.807, 2.05) is 0 Å². The van der Waals surface area contributed by atoms with E-state index in [0.29, 0.717) is 17.1 Å². The number of para-hydroxylation sites is 2. The maximum absolute atomic E-state index is 13.7. The van der Waals surface area contributed by atoms with Crippen molar-refractivity contribution in [3.63, 3.8) is 0 Å². The second-order valence-electron chi connectivity index (χ2n) is 3.56. The van der Waals surface area contributed by atoms with E-state index in [0.717, 1.165) is 6.08 Å². The third-order valence-corrected chi connectivity index (χ3v) is 2.54. The van der Waals surface area contributed by atoms with Crippen molar-refractivity contribution in [2.75, 3.05) is 6.61 Å². The number of alkyl halides is 2. The summed E-state index contributed by atoms with van der Waals surface area (Å²) in [6.07, 6.45) is 1.49. The average Bonchev–Trinajstić information content (AvgIpc) is 2.35. The third-order valence-electron chi connectivity index (χ3n) is 2.28. The van der Waals surface area contributed by atoms with Gasteiger partial charge in [0, 0.05) is 0 Å². The van der Waals surface area contributed by atoms with Crippen LogP contribution in [-0.2, 0) is 5.92 Å². The van der Waals surface area contributed by atoms with Gasteiger partial charge in [0.05, 0.1) is 17.6 Å². The molecule has 1 heterocycles. The van der Waals surface area contributed by atoms with Crippen LogP contribution >= 0.6 is 11.6 Å². The number of hydrogen-bond acceptors (Lipinski definition) is 3. The Labute approximate surface area is 107 Å². The van der Waals surface area contributed by atoms with Crippen molar-refractivity contribution < 1.29 is 13.9 Å². The number of aromatic nitrogens is 2. The number of hydrogen-bond donors (Lipinski definition) is 1. The molecule has 0 saturated carbocycles. The number of fused-ring (bicyclic) bond motifs is 1. The molecule has 0 amide bonds. The van der Waals surface area contributed by atoms with Crippen LogP contribution in [0.25, 0.3) is 11.0 Å². The number of benzene rings is 1. The zero-order valence-electron chi connectivity index (χ0n) is 9.15. The van der Waals surface area contributed by atoms with E-state index in [9.17, 15) is 8.78 Å². The zero-order chi connectivity index (χ0) is 13.2. The molecule has 0 spiro atoms. The highest BCUT2D eigenvalue weighted by Crippen LogP contribution is 2.33. The second kappa shape index (κ2) is 4.96. The molecule has 0 aliphatic heterocycles. The summed E-state index contributed by atoms with van der Waals surface area (Å²) in [7, 11) is 0. The molecule has 0 saturated heterocycles. The van der Waals surface area contributed by atoms with Crippen molar-refractivity contribution in [2.45, 2.75) is 5.92 Å². The summed E-state index contributed by atoms with van der Waals surface area (Å²) in [4.78, 5) is 7.70. The first-order valence-corrected chi connectivity index (χ1v) is 5.51. The fourth-order valence-corrected chi connectivity index (χ4v) is 1.73. The van der Waals surface area contributed by atoms with Gasteiger partial charge in [0.2, 0.25) is 0 Å². The molecule has 18 heavy (non-hydrogen) atoms. The van der Waals surface area contributed by atoms with Crippen LogP contribution in [0.1, 0.15) is 5.69 Å². The van der Waals surface area contributed by atoms with Gasteiger partial charge < -0.3 is 5.11 Å². The fourth-order valence-electron chi connectivity index (χ4n) is 1.47. The number of allylic oxidation sites excluding steroid dienone is 1. The number of halogens is 3. The Kier molecular flexibility index (Phi) is 3.54. The van der Waals surface area contributed by atoms with Gasteiger partial charge in [-0.2, -0.15) is 8.78 Å². The van der Waals surface area contributed by atoms with Gasteiger partial charge in [-0.15, -0.1) is 0 Å². The molecular weight excluding hydrogens is 262 g/mol. The lowest BCUT2D eigenvalue weighted by molar-refractivity contribution is 0.0466. The average molecular weight is 271 g/mol. The zero-order valence-corrected chi connectivity index (χ0v) is 9.90. The van der Waals surface area contributed by atoms with E-state index in [-0.39, 0.29) is 5.15 Å².